The number of ether oxygens (including phenoxy) is 1. The smallest absolute Gasteiger partial charge is 0.321 e. The lowest BCUT2D eigenvalue weighted by molar-refractivity contribution is -0.266. The van der Waals surface area contributed by atoms with Crippen LogP contribution in [0.25, 0.3) is 0 Å². The Bertz CT molecular complexity index is 93.6. The van der Waals surface area contributed by atoms with Crippen molar-refractivity contribution in [1.82, 2.24) is 0 Å². The molecule has 1 atom stereocenters. The first-order valence-electron chi connectivity index (χ1n) is 3.56. The van der Waals surface area contributed by atoms with Crippen molar-refractivity contribution in [2.75, 3.05) is 6.61 Å². The average Bonchev–Trinajstić information content (AvgIpc) is 1.86. The first-order valence-corrected chi connectivity index (χ1v) is 3.56. The van der Waals surface area contributed by atoms with Gasteiger partial charge in [0.25, 0.3) is 0 Å². The summed E-state index contributed by atoms with van der Waals surface area (Å²) in [5.74, 6) is -0.688. The lowest BCUT2D eigenvalue weighted by Gasteiger charge is -2.21. The molecule has 1 unspecified atom stereocenters. The van der Waals surface area contributed by atoms with Gasteiger partial charge in [0.15, 0.2) is 0 Å². The van der Waals surface area contributed by atoms with E-state index in [0.29, 0.717) is 6.42 Å². The van der Waals surface area contributed by atoms with Crippen LogP contribution in [0.5, 0.6) is 0 Å². The molecule has 0 amide bonds. The van der Waals surface area contributed by atoms with Crippen molar-refractivity contribution in [3.05, 3.63) is 0 Å². The Hall–Kier alpha value is -0.180. The Morgan fingerprint density at radius 1 is 1.40 bits per heavy atom. The first kappa shape index (κ1) is 9.82. The molecule has 1 nitrogen and oxygen atoms in total. The summed E-state index contributed by atoms with van der Waals surface area (Å²) in [5.41, 5.74) is 0. The topological polar surface area (TPSA) is 9.23 Å². The van der Waals surface area contributed by atoms with Crippen LogP contribution >= 0.6 is 0 Å². The summed E-state index contributed by atoms with van der Waals surface area (Å²) in [6.45, 7) is 4.83. The maximum Gasteiger partial charge on any atom is 0.358 e. The Balaban J connectivity index is 3.82. The van der Waals surface area contributed by atoms with Crippen LogP contribution in [0.4, 0.5) is 8.78 Å². The lowest BCUT2D eigenvalue weighted by Crippen LogP contribution is -2.29. The van der Waals surface area contributed by atoms with Crippen LogP contribution in [-0.2, 0) is 4.74 Å². The quantitative estimate of drug-likeness (QED) is 0.601. The maximum atomic E-state index is 12.6. The normalized spacial score (nSPS) is 15.3. The Morgan fingerprint density at radius 3 is 2.20 bits per heavy atom. The van der Waals surface area contributed by atoms with E-state index in [2.05, 4.69) is 4.74 Å². The molecule has 0 aromatic heterocycles. The first-order chi connectivity index (χ1) is 4.54. The SMILES string of the molecule is CCOC(F)(F)C(C)CC. The molecule has 0 aliphatic carbocycles. The van der Waals surface area contributed by atoms with E-state index in [-0.39, 0.29) is 6.61 Å². The number of rotatable bonds is 4. The summed E-state index contributed by atoms with van der Waals surface area (Å²) in [6.07, 6.45) is -2.50. The van der Waals surface area contributed by atoms with Crippen molar-refractivity contribution >= 4 is 0 Å². The van der Waals surface area contributed by atoms with Crippen molar-refractivity contribution in [2.45, 2.75) is 33.3 Å². The lowest BCUT2D eigenvalue weighted by atomic mass is 10.1. The molecule has 0 saturated heterocycles. The Morgan fingerprint density at radius 2 is 1.90 bits per heavy atom. The van der Waals surface area contributed by atoms with Crippen molar-refractivity contribution in [1.29, 1.82) is 0 Å². The van der Waals surface area contributed by atoms with Gasteiger partial charge >= 0.3 is 6.11 Å². The largest absolute Gasteiger partial charge is 0.358 e. The minimum atomic E-state index is -2.94. The van der Waals surface area contributed by atoms with Gasteiger partial charge in [0.2, 0.25) is 0 Å². The highest BCUT2D eigenvalue weighted by atomic mass is 19.3. The van der Waals surface area contributed by atoms with Crippen LogP contribution in [0, 0.1) is 5.92 Å². The third kappa shape index (κ3) is 2.60. The van der Waals surface area contributed by atoms with E-state index < -0.39 is 12.0 Å². The predicted octanol–water partition coefficient (Wildman–Crippen LogP) is 2.66. The molecular weight excluding hydrogens is 138 g/mol. The molecule has 0 heterocycles. The van der Waals surface area contributed by atoms with E-state index in [9.17, 15) is 8.78 Å². The maximum absolute atomic E-state index is 12.6. The predicted molar refractivity (Wildman–Crippen MR) is 36.0 cm³/mol. The number of halogens is 2. The van der Waals surface area contributed by atoms with Gasteiger partial charge in [0.1, 0.15) is 0 Å². The molecule has 3 heteroatoms. The molecular formula is C7H14F2O. The summed E-state index contributed by atoms with van der Waals surface area (Å²) in [4.78, 5) is 0. The molecule has 0 fully saturated rings. The number of alkyl halides is 2. The molecule has 0 bridgehead atoms. The standard InChI is InChI=1S/C7H14F2O/c1-4-6(3)7(8,9)10-5-2/h6H,4-5H2,1-3H3. The zero-order valence-electron chi connectivity index (χ0n) is 6.66. The number of hydrogen-bond donors (Lipinski definition) is 0. The van der Waals surface area contributed by atoms with Crippen molar-refractivity contribution in [2.24, 2.45) is 5.92 Å². The van der Waals surface area contributed by atoms with Crippen LogP contribution in [0.2, 0.25) is 0 Å². The fourth-order valence-corrected chi connectivity index (χ4v) is 0.572. The van der Waals surface area contributed by atoms with Gasteiger partial charge in [-0.25, -0.2) is 0 Å². The molecule has 62 valence electrons. The molecule has 0 rings (SSSR count). The van der Waals surface area contributed by atoms with Gasteiger partial charge in [-0.15, -0.1) is 0 Å². The van der Waals surface area contributed by atoms with Gasteiger partial charge in [0.05, 0.1) is 6.61 Å². The van der Waals surface area contributed by atoms with Gasteiger partial charge in [-0.05, 0) is 13.3 Å². The summed E-state index contributed by atoms with van der Waals surface area (Å²) in [6, 6.07) is 0. The molecule has 0 aliphatic rings. The van der Waals surface area contributed by atoms with Gasteiger partial charge in [-0.1, -0.05) is 13.8 Å². The van der Waals surface area contributed by atoms with Crippen LogP contribution < -0.4 is 0 Å². The molecule has 0 aromatic carbocycles. The van der Waals surface area contributed by atoms with E-state index in [4.69, 9.17) is 0 Å². The minimum absolute atomic E-state index is 0.0668. The highest BCUT2D eigenvalue weighted by Gasteiger charge is 2.35. The fourth-order valence-electron chi connectivity index (χ4n) is 0.572. The van der Waals surface area contributed by atoms with E-state index in [1.165, 1.54) is 6.92 Å². The van der Waals surface area contributed by atoms with Crippen LogP contribution in [0.1, 0.15) is 27.2 Å². The molecule has 10 heavy (non-hydrogen) atoms. The highest BCUT2D eigenvalue weighted by molar-refractivity contribution is 4.60. The third-order valence-corrected chi connectivity index (χ3v) is 1.52. The van der Waals surface area contributed by atoms with Crippen molar-refractivity contribution in [3.8, 4) is 0 Å². The summed E-state index contributed by atoms with van der Waals surface area (Å²) >= 11 is 0. The van der Waals surface area contributed by atoms with E-state index in [1.807, 2.05) is 0 Å². The van der Waals surface area contributed by atoms with E-state index >= 15 is 0 Å². The monoisotopic (exact) mass is 152 g/mol. The summed E-state index contributed by atoms with van der Waals surface area (Å²) in [5, 5.41) is 0. The summed E-state index contributed by atoms with van der Waals surface area (Å²) in [7, 11) is 0. The van der Waals surface area contributed by atoms with E-state index in [0.717, 1.165) is 0 Å². The van der Waals surface area contributed by atoms with Gasteiger partial charge in [-0.2, -0.15) is 8.78 Å². The number of hydrogen-bond acceptors (Lipinski definition) is 1. The van der Waals surface area contributed by atoms with Gasteiger partial charge < -0.3 is 4.74 Å². The molecule has 0 aliphatic heterocycles. The molecule has 0 saturated carbocycles. The summed E-state index contributed by atoms with van der Waals surface area (Å²) < 4.78 is 29.4. The Kier molecular flexibility index (Phi) is 3.79. The average molecular weight is 152 g/mol. The third-order valence-electron chi connectivity index (χ3n) is 1.52. The molecule has 0 spiro atoms. The second kappa shape index (κ2) is 3.86. The van der Waals surface area contributed by atoms with Crippen LogP contribution in [0.3, 0.4) is 0 Å². The van der Waals surface area contributed by atoms with Crippen LogP contribution in [0.15, 0.2) is 0 Å². The van der Waals surface area contributed by atoms with Crippen molar-refractivity contribution < 1.29 is 13.5 Å². The fraction of sp³-hybridized carbons (Fsp3) is 1.00. The van der Waals surface area contributed by atoms with Gasteiger partial charge in [-0.3, -0.25) is 0 Å². The molecule has 0 N–H and O–H groups in total. The molecule has 0 aromatic rings. The zero-order chi connectivity index (χ0) is 8.20. The minimum Gasteiger partial charge on any atom is -0.321 e. The highest BCUT2D eigenvalue weighted by Crippen LogP contribution is 2.27. The second-order valence-corrected chi connectivity index (χ2v) is 2.30. The second-order valence-electron chi connectivity index (χ2n) is 2.30. The zero-order valence-corrected chi connectivity index (χ0v) is 6.66. The Labute approximate surface area is 60.4 Å². The van der Waals surface area contributed by atoms with Crippen LogP contribution in [-0.4, -0.2) is 12.7 Å². The van der Waals surface area contributed by atoms with Crippen molar-refractivity contribution in [3.63, 3.8) is 0 Å². The van der Waals surface area contributed by atoms with E-state index in [1.54, 1.807) is 13.8 Å². The molecule has 0 radical (unpaired) electrons. The van der Waals surface area contributed by atoms with Gasteiger partial charge in [0, 0.05) is 5.92 Å².